The summed E-state index contributed by atoms with van der Waals surface area (Å²) in [6, 6.07) is 0. The van der Waals surface area contributed by atoms with E-state index >= 15 is 0 Å². The zero-order chi connectivity index (χ0) is 9.54. The van der Waals surface area contributed by atoms with Crippen molar-refractivity contribution in [2.24, 2.45) is 5.73 Å². The Hall–Kier alpha value is -0.450. The van der Waals surface area contributed by atoms with Gasteiger partial charge < -0.3 is 10.5 Å². The van der Waals surface area contributed by atoms with E-state index in [1.165, 1.54) is 24.3 Å². The molecule has 3 nitrogen and oxygen atoms in total. The van der Waals surface area contributed by atoms with Crippen LogP contribution < -0.4 is 5.73 Å². The maximum atomic E-state index is 5.82. The Morgan fingerprint density at radius 3 is 3.07 bits per heavy atom. The van der Waals surface area contributed by atoms with E-state index in [9.17, 15) is 0 Å². The van der Waals surface area contributed by atoms with Gasteiger partial charge in [-0.3, -0.25) is 0 Å². The van der Waals surface area contributed by atoms with E-state index in [1.807, 2.05) is 0 Å². The number of hydrogen-bond acceptors (Lipinski definition) is 4. The topological polar surface area (TPSA) is 48.1 Å². The molecule has 2 N–H and O–H groups in total. The fraction of sp³-hybridized carbons (Fsp3) is 0.700. The van der Waals surface area contributed by atoms with Gasteiger partial charge >= 0.3 is 0 Å². The summed E-state index contributed by atoms with van der Waals surface area (Å²) in [5.74, 6) is 0.555. The lowest BCUT2D eigenvalue weighted by Gasteiger charge is -2.15. The number of ether oxygens (including phenoxy) is 1. The van der Waals surface area contributed by atoms with Crippen LogP contribution in [0.25, 0.3) is 0 Å². The summed E-state index contributed by atoms with van der Waals surface area (Å²) in [7, 11) is 0. The molecule has 0 amide bonds. The van der Waals surface area contributed by atoms with E-state index in [-0.39, 0.29) is 0 Å². The standard InChI is InChI=1S/C10H14N2OS/c11-4-6-5-14-10(12-6)8-3-7-1-2-9(8)13-7/h5,7-9H,1-4,11H2. The van der Waals surface area contributed by atoms with Gasteiger partial charge in [0.15, 0.2) is 0 Å². The number of fused-ring (bicyclic) bond motifs is 2. The number of thiazole rings is 1. The van der Waals surface area contributed by atoms with Crippen LogP contribution in [-0.2, 0) is 11.3 Å². The maximum absolute atomic E-state index is 5.82. The minimum Gasteiger partial charge on any atom is -0.374 e. The van der Waals surface area contributed by atoms with Gasteiger partial charge in [-0.2, -0.15) is 0 Å². The van der Waals surface area contributed by atoms with Gasteiger partial charge in [0.2, 0.25) is 0 Å². The summed E-state index contributed by atoms with van der Waals surface area (Å²) >= 11 is 1.74. The molecule has 1 aromatic heterocycles. The van der Waals surface area contributed by atoms with Crippen molar-refractivity contribution in [1.82, 2.24) is 4.98 Å². The van der Waals surface area contributed by atoms with Gasteiger partial charge in [-0.05, 0) is 19.3 Å². The summed E-state index contributed by atoms with van der Waals surface area (Å²) in [6.07, 6.45) is 4.58. The van der Waals surface area contributed by atoms with Crippen LogP contribution in [0.15, 0.2) is 5.38 Å². The molecule has 1 aromatic rings. The smallest absolute Gasteiger partial charge is 0.0986 e. The first-order valence-electron chi connectivity index (χ1n) is 5.16. The van der Waals surface area contributed by atoms with Crippen molar-refractivity contribution in [3.63, 3.8) is 0 Å². The highest BCUT2D eigenvalue weighted by atomic mass is 32.1. The van der Waals surface area contributed by atoms with Crippen LogP contribution in [0.2, 0.25) is 0 Å². The third-order valence-corrected chi connectivity index (χ3v) is 4.23. The lowest BCUT2D eigenvalue weighted by atomic mass is 9.90. The minimum absolute atomic E-state index is 0.441. The first-order valence-corrected chi connectivity index (χ1v) is 6.04. The van der Waals surface area contributed by atoms with E-state index < -0.39 is 0 Å². The Morgan fingerprint density at radius 2 is 2.50 bits per heavy atom. The molecule has 3 unspecified atom stereocenters. The van der Waals surface area contributed by atoms with Crippen molar-refractivity contribution in [2.45, 2.75) is 43.9 Å². The summed E-state index contributed by atoms with van der Waals surface area (Å²) in [4.78, 5) is 4.54. The average molecular weight is 210 g/mol. The van der Waals surface area contributed by atoms with E-state index in [1.54, 1.807) is 11.3 Å². The quantitative estimate of drug-likeness (QED) is 0.807. The first-order chi connectivity index (χ1) is 6.86. The number of rotatable bonds is 2. The van der Waals surface area contributed by atoms with Crippen LogP contribution in [0.3, 0.4) is 0 Å². The van der Waals surface area contributed by atoms with Gasteiger partial charge in [-0.15, -0.1) is 11.3 Å². The average Bonchev–Trinajstić information content (AvgIpc) is 2.93. The third-order valence-electron chi connectivity index (χ3n) is 3.20. The second-order valence-corrected chi connectivity index (χ2v) is 4.99. The summed E-state index contributed by atoms with van der Waals surface area (Å²) in [6.45, 7) is 0.554. The molecule has 0 aliphatic carbocycles. The number of nitrogens with two attached hydrogens (primary N) is 1. The van der Waals surface area contributed by atoms with Crippen LogP contribution in [0, 0.1) is 0 Å². The van der Waals surface area contributed by atoms with Crippen LogP contribution >= 0.6 is 11.3 Å². The molecule has 2 fully saturated rings. The predicted molar refractivity (Wildman–Crippen MR) is 55.3 cm³/mol. The molecule has 0 radical (unpaired) electrons. The summed E-state index contributed by atoms with van der Waals surface area (Å²) < 4.78 is 5.82. The second kappa shape index (κ2) is 3.29. The van der Waals surface area contributed by atoms with Crippen molar-refractivity contribution in [2.75, 3.05) is 0 Å². The van der Waals surface area contributed by atoms with Crippen LogP contribution in [0.5, 0.6) is 0 Å². The summed E-state index contributed by atoms with van der Waals surface area (Å²) in [5, 5.41) is 3.30. The van der Waals surface area contributed by atoms with Crippen molar-refractivity contribution in [3.05, 3.63) is 16.1 Å². The van der Waals surface area contributed by atoms with Gasteiger partial charge in [0, 0.05) is 17.8 Å². The van der Waals surface area contributed by atoms with Gasteiger partial charge in [0.1, 0.15) is 0 Å². The lowest BCUT2D eigenvalue weighted by Crippen LogP contribution is -2.14. The maximum Gasteiger partial charge on any atom is 0.0986 e. The monoisotopic (exact) mass is 210 g/mol. The largest absolute Gasteiger partial charge is 0.374 e. The highest BCUT2D eigenvalue weighted by Crippen LogP contribution is 2.45. The Bertz CT molecular complexity index is 339. The molecule has 14 heavy (non-hydrogen) atoms. The van der Waals surface area contributed by atoms with E-state index in [4.69, 9.17) is 10.5 Å². The van der Waals surface area contributed by atoms with E-state index in [0.717, 1.165) is 5.69 Å². The van der Waals surface area contributed by atoms with Gasteiger partial charge in [-0.25, -0.2) is 4.98 Å². The van der Waals surface area contributed by atoms with Gasteiger partial charge in [0.05, 0.1) is 22.9 Å². The van der Waals surface area contributed by atoms with Gasteiger partial charge in [-0.1, -0.05) is 0 Å². The molecule has 3 heterocycles. The second-order valence-electron chi connectivity index (χ2n) is 4.10. The number of hydrogen-bond donors (Lipinski definition) is 1. The first kappa shape index (κ1) is 8.83. The molecular formula is C10H14N2OS. The fourth-order valence-electron chi connectivity index (χ4n) is 2.48. The number of nitrogens with zero attached hydrogens (tertiary/aromatic N) is 1. The minimum atomic E-state index is 0.441. The van der Waals surface area contributed by atoms with Crippen molar-refractivity contribution >= 4 is 11.3 Å². The molecule has 2 aliphatic heterocycles. The molecule has 4 heteroatoms. The molecule has 76 valence electrons. The highest BCUT2D eigenvalue weighted by Gasteiger charge is 2.42. The Kier molecular flexibility index (Phi) is 2.08. The zero-order valence-corrected chi connectivity index (χ0v) is 8.80. The third kappa shape index (κ3) is 1.29. The number of aromatic nitrogens is 1. The van der Waals surface area contributed by atoms with E-state index in [2.05, 4.69) is 10.4 Å². The molecule has 2 saturated heterocycles. The van der Waals surface area contributed by atoms with Crippen LogP contribution in [0.4, 0.5) is 0 Å². The zero-order valence-electron chi connectivity index (χ0n) is 7.98. The Balaban J connectivity index is 1.82. The molecule has 3 atom stereocenters. The van der Waals surface area contributed by atoms with Crippen LogP contribution in [-0.4, -0.2) is 17.2 Å². The van der Waals surface area contributed by atoms with Crippen molar-refractivity contribution in [1.29, 1.82) is 0 Å². The molecule has 2 bridgehead atoms. The SMILES string of the molecule is NCc1csc(C2CC3CCC2O3)n1. The molecule has 0 spiro atoms. The highest BCUT2D eigenvalue weighted by molar-refractivity contribution is 7.09. The molecule has 0 saturated carbocycles. The fourth-order valence-corrected chi connectivity index (χ4v) is 3.48. The van der Waals surface area contributed by atoms with Crippen molar-refractivity contribution < 1.29 is 4.74 Å². The van der Waals surface area contributed by atoms with E-state index in [0.29, 0.717) is 24.7 Å². The Labute approximate surface area is 87.3 Å². The van der Waals surface area contributed by atoms with Crippen molar-refractivity contribution in [3.8, 4) is 0 Å². The molecule has 2 aliphatic rings. The predicted octanol–water partition coefficient (Wildman–Crippen LogP) is 1.64. The molecule has 3 rings (SSSR count). The summed E-state index contributed by atoms with van der Waals surface area (Å²) in [5.41, 5.74) is 6.57. The Morgan fingerprint density at radius 1 is 1.57 bits per heavy atom. The normalized spacial score (nSPS) is 35.4. The lowest BCUT2D eigenvalue weighted by molar-refractivity contribution is 0.100. The molecular weight excluding hydrogens is 196 g/mol. The van der Waals surface area contributed by atoms with Crippen LogP contribution in [0.1, 0.15) is 35.9 Å². The molecule has 0 aromatic carbocycles. The van der Waals surface area contributed by atoms with Gasteiger partial charge in [0.25, 0.3) is 0 Å².